The van der Waals surface area contributed by atoms with Crippen molar-refractivity contribution >= 4 is 17.4 Å². The molecular formula is C10H15N3O3. The molecule has 0 bridgehead atoms. The Bertz CT molecular complexity index is 340. The van der Waals surface area contributed by atoms with E-state index in [9.17, 15) is 4.79 Å². The second-order valence-corrected chi connectivity index (χ2v) is 3.37. The Morgan fingerprint density at radius 2 is 1.88 bits per heavy atom. The Kier molecular flexibility index (Phi) is 4.56. The van der Waals surface area contributed by atoms with Gasteiger partial charge in [-0.1, -0.05) is 0 Å². The van der Waals surface area contributed by atoms with Crippen molar-refractivity contribution in [2.75, 3.05) is 17.4 Å². The molecule has 2 amide bonds. The molecule has 0 aromatic heterocycles. The number of rotatable bonds is 4. The number of aliphatic hydroxyl groups excluding tert-OH is 1. The van der Waals surface area contributed by atoms with Crippen LogP contribution in [0.5, 0.6) is 0 Å². The quantitative estimate of drug-likeness (QED) is 0.494. The molecule has 5 N–H and O–H groups in total. The summed E-state index contributed by atoms with van der Waals surface area (Å²) in [6.45, 7) is 1.58. The molecular weight excluding hydrogens is 210 g/mol. The minimum absolute atomic E-state index is 0.110. The molecule has 1 unspecified atom stereocenters. The molecule has 0 radical (unpaired) electrons. The highest BCUT2D eigenvalue weighted by molar-refractivity contribution is 5.89. The first-order chi connectivity index (χ1) is 7.65. The molecule has 16 heavy (non-hydrogen) atoms. The highest BCUT2D eigenvalue weighted by Crippen LogP contribution is 2.12. The number of carbonyl (C=O) groups is 1. The lowest BCUT2D eigenvalue weighted by Gasteiger charge is -2.12. The second kappa shape index (κ2) is 5.94. The monoisotopic (exact) mass is 225 g/mol. The fourth-order valence-corrected chi connectivity index (χ4v) is 1.06. The molecule has 1 rings (SSSR count). The van der Waals surface area contributed by atoms with Gasteiger partial charge in [-0.15, -0.1) is 0 Å². The van der Waals surface area contributed by atoms with Crippen LogP contribution in [0, 0.1) is 0 Å². The molecule has 0 aliphatic heterocycles. The van der Waals surface area contributed by atoms with Crippen molar-refractivity contribution in [3.05, 3.63) is 24.3 Å². The maximum atomic E-state index is 11.3. The van der Waals surface area contributed by atoms with Gasteiger partial charge in [0.15, 0.2) is 0 Å². The third kappa shape index (κ3) is 3.76. The molecule has 0 aliphatic carbocycles. The van der Waals surface area contributed by atoms with E-state index >= 15 is 0 Å². The molecule has 1 aromatic carbocycles. The molecule has 0 aliphatic rings. The maximum Gasteiger partial charge on any atom is 0.319 e. The minimum Gasteiger partial charge on any atom is -0.394 e. The zero-order valence-electron chi connectivity index (χ0n) is 8.90. The number of aliphatic hydroxyl groups is 1. The first kappa shape index (κ1) is 12.3. The Labute approximate surface area is 93.2 Å². The van der Waals surface area contributed by atoms with Crippen LogP contribution in [0.1, 0.15) is 6.92 Å². The van der Waals surface area contributed by atoms with Gasteiger partial charge in [0.25, 0.3) is 0 Å². The van der Waals surface area contributed by atoms with Gasteiger partial charge in [0.1, 0.15) is 0 Å². The molecule has 6 heteroatoms. The summed E-state index contributed by atoms with van der Waals surface area (Å²) in [6.07, 6.45) is 0. The largest absolute Gasteiger partial charge is 0.394 e. The molecule has 0 spiro atoms. The van der Waals surface area contributed by atoms with E-state index in [4.69, 9.17) is 10.3 Å². The zero-order valence-corrected chi connectivity index (χ0v) is 8.90. The molecule has 0 fully saturated rings. The highest BCUT2D eigenvalue weighted by Gasteiger charge is 2.05. The van der Waals surface area contributed by atoms with E-state index in [-0.39, 0.29) is 18.7 Å². The van der Waals surface area contributed by atoms with E-state index in [1.54, 1.807) is 31.2 Å². The molecule has 0 saturated carbocycles. The van der Waals surface area contributed by atoms with Gasteiger partial charge in [0.2, 0.25) is 0 Å². The van der Waals surface area contributed by atoms with Crippen molar-refractivity contribution in [2.45, 2.75) is 13.0 Å². The first-order valence-corrected chi connectivity index (χ1v) is 4.84. The minimum atomic E-state index is -0.383. The fraction of sp³-hybridized carbons (Fsp3) is 0.300. The topological polar surface area (TPSA) is 93.6 Å². The van der Waals surface area contributed by atoms with Crippen LogP contribution in [-0.4, -0.2) is 29.0 Å². The summed E-state index contributed by atoms with van der Waals surface area (Å²) in [7, 11) is 0. The van der Waals surface area contributed by atoms with Crippen LogP contribution in [0.25, 0.3) is 0 Å². The molecule has 0 heterocycles. The van der Waals surface area contributed by atoms with Crippen molar-refractivity contribution in [1.82, 2.24) is 5.32 Å². The van der Waals surface area contributed by atoms with Crippen molar-refractivity contribution in [2.24, 2.45) is 0 Å². The summed E-state index contributed by atoms with van der Waals surface area (Å²) in [6, 6.07) is 5.84. The Morgan fingerprint density at radius 3 is 2.38 bits per heavy atom. The fourth-order valence-electron chi connectivity index (χ4n) is 1.06. The number of urea groups is 1. The van der Waals surface area contributed by atoms with Gasteiger partial charge in [-0.3, -0.25) is 10.7 Å². The summed E-state index contributed by atoms with van der Waals surface area (Å²) in [5.74, 6) is 0. The zero-order chi connectivity index (χ0) is 12.0. The van der Waals surface area contributed by atoms with Crippen LogP contribution in [-0.2, 0) is 0 Å². The Morgan fingerprint density at radius 1 is 1.31 bits per heavy atom. The lowest BCUT2D eigenvalue weighted by molar-refractivity contribution is 0.229. The normalized spacial score (nSPS) is 11.7. The summed E-state index contributed by atoms with van der Waals surface area (Å²) < 4.78 is 0. The molecule has 0 saturated heterocycles. The van der Waals surface area contributed by atoms with Crippen LogP contribution in [0.4, 0.5) is 16.2 Å². The lowest BCUT2D eigenvalue weighted by Crippen LogP contribution is -2.38. The molecule has 88 valence electrons. The van der Waals surface area contributed by atoms with Crippen LogP contribution >= 0.6 is 0 Å². The molecule has 1 atom stereocenters. The van der Waals surface area contributed by atoms with E-state index < -0.39 is 0 Å². The van der Waals surface area contributed by atoms with Gasteiger partial charge >= 0.3 is 6.03 Å². The summed E-state index contributed by atoms with van der Waals surface area (Å²) in [5, 5.41) is 22.5. The van der Waals surface area contributed by atoms with Gasteiger partial charge in [-0.05, 0) is 31.2 Å². The Hall–Kier alpha value is -1.79. The van der Waals surface area contributed by atoms with Crippen LogP contribution in [0.15, 0.2) is 24.3 Å². The lowest BCUT2D eigenvalue weighted by atomic mass is 10.3. The standard InChI is InChI=1S/C10H15N3O3/c1-7(6-14)11-10(15)12-8-2-4-9(13-16)5-3-8/h2-5,7,13-14,16H,6H2,1H3,(H2,11,12,15). The van der Waals surface area contributed by atoms with Gasteiger partial charge in [0, 0.05) is 5.69 Å². The molecule has 1 aromatic rings. The van der Waals surface area contributed by atoms with Gasteiger partial charge in [0.05, 0.1) is 18.3 Å². The number of hydrogen-bond acceptors (Lipinski definition) is 4. The van der Waals surface area contributed by atoms with Crippen LogP contribution in [0.2, 0.25) is 0 Å². The predicted octanol–water partition coefficient (Wildman–Crippen LogP) is 0.990. The number of hydrogen-bond donors (Lipinski definition) is 5. The third-order valence-corrected chi connectivity index (χ3v) is 1.92. The SMILES string of the molecule is CC(CO)NC(=O)Nc1ccc(NO)cc1. The predicted molar refractivity (Wildman–Crippen MR) is 60.6 cm³/mol. The van der Waals surface area contributed by atoms with E-state index in [1.807, 2.05) is 5.48 Å². The first-order valence-electron chi connectivity index (χ1n) is 4.84. The number of carbonyl (C=O) groups excluding carboxylic acids is 1. The van der Waals surface area contributed by atoms with Gasteiger partial charge in [-0.2, -0.15) is 0 Å². The third-order valence-electron chi connectivity index (χ3n) is 1.92. The summed E-state index contributed by atoms with van der Waals surface area (Å²) in [5.41, 5.74) is 3.12. The number of anilines is 2. The van der Waals surface area contributed by atoms with E-state index in [0.29, 0.717) is 11.4 Å². The Balaban J connectivity index is 2.49. The van der Waals surface area contributed by atoms with E-state index in [2.05, 4.69) is 10.6 Å². The number of nitrogens with one attached hydrogen (secondary N) is 3. The highest BCUT2D eigenvalue weighted by atomic mass is 16.5. The average molecular weight is 225 g/mol. The van der Waals surface area contributed by atoms with Crippen molar-refractivity contribution < 1.29 is 15.1 Å². The van der Waals surface area contributed by atoms with Crippen molar-refractivity contribution in [3.63, 3.8) is 0 Å². The average Bonchev–Trinajstić information content (AvgIpc) is 2.29. The number of amides is 2. The maximum absolute atomic E-state index is 11.3. The van der Waals surface area contributed by atoms with Crippen molar-refractivity contribution in [1.29, 1.82) is 0 Å². The smallest absolute Gasteiger partial charge is 0.319 e. The van der Waals surface area contributed by atoms with E-state index in [1.165, 1.54) is 0 Å². The molecule has 6 nitrogen and oxygen atoms in total. The van der Waals surface area contributed by atoms with Gasteiger partial charge in [-0.25, -0.2) is 4.79 Å². The summed E-state index contributed by atoms with van der Waals surface area (Å²) >= 11 is 0. The van der Waals surface area contributed by atoms with Crippen LogP contribution < -0.4 is 16.1 Å². The van der Waals surface area contributed by atoms with Crippen LogP contribution in [0.3, 0.4) is 0 Å². The second-order valence-electron chi connectivity index (χ2n) is 3.37. The summed E-state index contributed by atoms with van der Waals surface area (Å²) in [4.78, 5) is 11.3. The van der Waals surface area contributed by atoms with Crippen molar-refractivity contribution in [3.8, 4) is 0 Å². The van der Waals surface area contributed by atoms with E-state index in [0.717, 1.165) is 0 Å². The number of benzene rings is 1. The van der Waals surface area contributed by atoms with Gasteiger partial charge < -0.3 is 15.7 Å².